The maximum atomic E-state index is 12.9. The molecule has 12 heteroatoms. The van der Waals surface area contributed by atoms with Crippen LogP contribution in [-0.4, -0.2) is 41.8 Å². The van der Waals surface area contributed by atoms with E-state index in [0.717, 1.165) is 16.3 Å². The van der Waals surface area contributed by atoms with E-state index in [1.807, 2.05) is 0 Å². The van der Waals surface area contributed by atoms with Crippen molar-refractivity contribution in [3.8, 4) is 11.5 Å². The third-order valence-corrected chi connectivity index (χ3v) is 6.24. The molecule has 0 bridgehead atoms. The fourth-order valence-corrected chi connectivity index (χ4v) is 4.18. The number of thioether (sulfide) groups is 1. The Hall–Kier alpha value is -2.92. The quantitative estimate of drug-likeness (QED) is 0.578. The molecule has 0 saturated carbocycles. The largest absolute Gasteiger partial charge is 0.480 e. The van der Waals surface area contributed by atoms with Gasteiger partial charge in [-0.2, -0.15) is 0 Å². The maximum Gasteiger partial charge on any atom is 0.332 e. The predicted molar refractivity (Wildman–Crippen MR) is 110 cm³/mol. The summed E-state index contributed by atoms with van der Waals surface area (Å²) in [6.45, 7) is 1.72. The average molecular weight is 453 g/mol. The van der Waals surface area contributed by atoms with Crippen LogP contribution in [0.15, 0.2) is 26.9 Å². The van der Waals surface area contributed by atoms with Crippen LogP contribution >= 0.6 is 23.4 Å². The number of rotatable bonds is 5. The summed E-state index contributed by atoms with van der Waals surface area (Å²) in [6, 6.07) is 3.33. The first-order valence-electron chi connectivity index (χ1n) is 8.82. The fourth-order valence-electron chi connectivity index (χ4n) is 3.12. The molecule has 2 aromatic heterocycles. The van der Waals surface area contributed by atoms with Crippen molar-refractivity contribution >= 4 is 40.5 Å². The molecule has 10 nitrogen and oxygen atoms in total. The molecule has 1 N–H and O–H groups in total. The molecule has 0 radical (unpaired) electrons. The maximum absolute atomic E-state index is 12.9. The van der Waals surface area contributed by atoms with E-state index in [9.17, 15) is 19.5 Å². The van der Waals surface area contributed by atoms with Gasteiger partial charge in [0.05, 0.1) is 6.54 Å². The van der Waals surface area contributed by atoms with Crippen molar-refractivity contribution in [2.45, 2.75) is 23.9 Å². The predicted octanol–water partition coefficient (Wildman–Crippen LogP) is 1.43. The van der Waals surface area contributed by atoms with Crippen molar-refractivity contribution in [1.29, 1.82) is 0 Å². The van der Waals surface area contributed by atoms with Gasteiger partial charge in [0.25, 0.3) is 5.56 Å². The van der Waals surface area contributed by atoms with E-state index < -0.39 is 22.5 Å². The van der Waals surface area contributed by atoms with E-state index in [1.54, 1.807) is 16.7 Å². The molecule has 0 fully saturated rings. The molecule has 0 aliphatic carbocycles. The number of carbonyl (C=O) groups is 1. The summed E-state index contributed by atoms with van der Waals surface area (Å²) in [5.41, 5.74) is -0.0946. The Morgan fingerprint density at radius 3 is 2.60 bits per heavy atom. The number of aliphatic carboxylic acids is 1. The van der Waals surface area contributed by atoms with Gasteiger partial charge in [0.15, 0.2) is 27.8 Å². The van der Waals surface area contributed by atoms with Gasteiger partial charge in [-0.25, -0.2) is 9.78 Å². The van der Waals surface area contributed by atoms with E-state index in [2.05, 4.69) is 4.98 Å². The Balaban J connectivity index is 1.94. The highest BCUT2D eigenvalue weighted by atomic mass is 35.5. The number of carboxylic acids is 1. The number of fused-ring (bicyclic) bond motifs is 2. The first-order valence-corrected chi connectivity index (χ1v) is 10.1. The van der Waals surface area contributed by atoms with Crippen molar-refractivity contribution < 1.29 is 19.4 Å². The van der Waals surface area contributed by atoms with Crippen LogP contribution in [0, 0.1) is 0 Å². The van der Waals surface area contributed by atoms with Gasteiger partial charge in [-0.3, -0.25) is 18.7 Å². The normalized spacial score (nSPS) is 13.7. The summed E-state index contributed by atoms with van der Waals surface area (Å²) in [7, 11) is 2.88. The van der Waals surface area contributed by atoms with Crippen molar-refractivity contribution in [2.24, 2.45) is 14.1 Å². The number of halogens is 1. The molecule has 1 aliphatic rings. The van der Waals surface area contributed by atoms with E-state index in [1.165, 1.54) is 25.6 Å². The number of aryl methyl sites for hydroxylation is 1. The van der Waals surface area contributed by atoms with E-state index in [4.69, 9.17) is 21.1 Å². The minimum absolute atomic E-state index is 0.0863. The molecule has 3 aromatic rings. The summed E-state index contributed by atoms with van der Waals surface area (Å²) in [5, 5.41) is 9.17. The van der Waals surface area contributed by atoms with Gasteiger partial charge in [0.2, 0.25) is 6.79 Å². The number of ether oxygens (including phenoxy) is 2. The number of carboxylic acid groups (broad SMARTS) is 1. The number of nitrogens with zero attached hydrogens (tertiary/aromatic N) is 4. The number of hydrogen-bond donors (Lipinski definition) is 1. The summed E-state index contributed by atoms with van der Waals surface area (Å²) < 4.78 is 14.5. The Labute approximate surface area is 178 Å². The molecule has 0 spiro atoms. The lowest BCUT2D eigenvalue weighted by atomic mass is 10.2. The Morgan fingerprint density at radius 1 is 1.27 bits per heavy atom. The summed E-state index contributed by atoms with van der Waals surface area (Å²) >= 11 is 7.38. The average Bonchev–Trinajstić information content (AvgIpc) is 3.29. The van der Waals surface area contributed by atoms with Gasteiger partial charge in [-0.05, 0) is 18.6 Å². The van der Waals surface area contributed by atoms with Crippen molar-refractivity contribution in [3.63, 3.8) is 0 Å². The smallest absolute Gasteiger partial charge is 0.332 e. The summed E-state index contributed by atoms with van der Waals surface area (Å²) in [4.78, 5) is 41.0. The first-order chi connectivity index (χ1) is 14.2. The highest BCUT2D eigenvalue weighted by Gasteiger charge is 2.24. The number of aromatic nitrogens is 4. The van der Waals surface area contributed by atoms with Crippen molar-refractivity contribution in [3.05, 3.63) is 43.6 Å². The zero-order valence-corrected chi connectivity index (χ0v) is 17.8. The minimum atomic E-state index is -1.03. The van der Waals surface area contributed by atoms with Crippen LogP contribution < -0.4 is 20.7 Å². The lowest BCUT2D eigenvalue weighted by molar-refractivity contribution is -0.136. The second-order valence-electron chi connectivity index (χ2n) is 6.75. The van der Waals surface area contributed by atoms with E-state index in [-0.39, 0.29) is 29.7 Å². The van der Waals surface area contributed by atoms with E-state index in [0.29, 0.717) is 22.1 Å². The first kappa shape index (κ1) is 20.4. The highest BCUT2D eigenvalue weighted by Crippen LogP contribution is 2.38. The lowest BCUT2D eigenvalue weighted by Gasteiger charge is -2.12. The number of imidazole rings is 1. The molecule has 4 rings (SSSR count). The summed E-state index contributed by atoms with van der Waals surface area (Å²) in [5.74, 6) is 0.0142. The molecular weight excluding hydrogens is 436 g/mol. The molecule has 158 valence electrons. The second kappa shape index (κ2) is 7.40. The number of benzene rings is 1. The summed E-state index contributed by atoms with van der Waals surface area (Å²) in [6.07, 6.45) is 0. The molecule has 0 saturated heterocycles. The highest BCUT2D eigenvalue weighted by molar-refractivity contribution is 8.00. The fraction of sp³-hybridized carbons (Fsp3) is 0.333. The van der Waals surface area contributed by atoms with Gasteiger partial charge >= 0.3 is 11.7 Å². The zero-order valence-electron chi connectivity index (χ0n) is 16.2. The molecule has 0 amide bonds. The standard InChI is InChI=1S/C18H17ClN4O6S/c1-8(16(25)26)30-17-20-14-13(15(24)22(3)18(27)21(14)2)23(17)6-9-4-11-12(5-10(9)19)29-7-28-11/h4-5,8H,6-7H2,1-3H3,(H,25,26)/t8-/m0/s1. The topological polar surface area (TPSA) is 118 Å². The van der Waals surface area contributed by atoms with Crippen molar-refractivity contribution in [2.75, 3.05) is 6.79 Å². The Morgan fingerprint density at radius 2 is 1.93 bits per heavy atom. The van der Waals surface area contributed by atoms with Gasteiger partial charge in [0.1, 0.15) is 5.25 Å². The minimum Gasteiger partial charge on any atom is -0.480 e. The zero-order chi connectivity index (χ0) is 21.7. The third kappa shape index (κ3) is 3.23. The molecule has 3 heterocycles. The number of hydrogen-bond acceptors (Lipinski definition) is 7. The van der Waals surface area contributed by atoms with Gasteiger partial charge < -0.3 is 19.1 Å². The van der Waals surface area contributed by atoms with Crippen LogP contribution in [0.4, 0.5) is 0 Å². The van der Waals surface area contributed by atoms with Crippen LogP contribution in [0.25, 0.3) is 11.2 Å². The molecule has 1 atom stereocenters. The van der Waals surface area contributed by atoms with Gasteiger partial charge in [0, 0.05) is 25.2 Å². The van der Waals surface area contributed by atoms with Crippen LogP contribution in [-0.2, 0) is 25.4 Å². The van der Waals surface area contributed by atoms with Crippen LogP contribution in [0.3, 0.4) is 0 Å². The molecule has 1 aliphatic heterocycles. The second-order valence-corrected chi connectivity index (χ2v) is 8.47. The van der Waals surface area contributed by atoms with Crippen molar-refractivity contribution in [1.82, 2.24) is 18.7 Å². The molecule has 0 unspecified atom stereocenters. The SMILES string of the molecule is C[C@H](Sc1nc2c(c(=O)n(C)c(=O)n2C)n1Cc1cc2c(cc1Cl)OCO2)C(=O)O. The molecule has 30 heavy (non-hydrogen) atoms. The Bertz CT molecular complexity index is 1310. The van der Waals surface area contributed by atoms with E-state index >= 15 is 0 Å². The third-order valence-electron chi connectivity index (χ3n) is 4.81. The van der Waals surface area contributed by atoms with Gasteiger partial charge in [-0.1, -0.05) is 23.4 Å². The van der Waals surface area contributed by atoms with Crippen LogP contribution in [0.1, 0.15) is 12.5 Å². The van der Waals surface area contributed by atoms with Gasteiger partial charge in [-0.15, -0.1) is 0 Å². The molecular formula is C18H17ClN4O6S. The molecule has 1 aromatic carbocycles. The lowest BCUT2D eigenvalue weighted by Crippen LogP contribution is -2.37. The Kier molecular flexibility index (Phi) is 5.02. The van der Waals surface area contributed by atoms with Crippen LogP contribution in [0.5, 0.6) is 11.5 Å². The van der Waals surface area contributed by atoms with Crippen LogP contribution in [0.2, 0.25) is 5.02 Å². The monoisotopic (exact) mass is 452 g/mol.